The average molecular weight is 366 g/mol. The number of nitrogens with zero attached hydrogens (tertiary/aromatic N) is 3. The summed E-state index contributed by atoms with van der Waals surface area (Å²) in [6.45, 7) is 4.71. The van der Waals surface area contributed by atoms with E-state index in [4.69, 9.17) is 9.84 Å². The van der Waals surface area contributed by atoms with Crippen molar-refractivity contribution in [2.24, 2.45) is 0 Å². The molecule has 0 saturated carbocycles. The second kappa shape index (κ2) is 7.67. The van der Waals surface area contributed by atoms with Crippen molar-refractivity contribution in [3.8, 4) is 5.75 Å². The van der Waals surface area contributed by atoms with Gasteiger partial charge in [0, 0.05) is 32.7 Å². The van der Waals surface area contributed by atoms with Crippen LogP contribution < -0.4 is 9.64 Å². The highest BCUT2D eigenvalue weighted by atomic mass is 16.7. The van der Waals surface area contributed by atoms with E-state index in [1.54, 1.807) is 12.1 Å². The van der Waals surface area contributed by atoms with E-state index in [-0.39, 0.29) is 5.75 Å². The number of fused-ring (bicyclic) bond motifs is 1. The number of rotatable bonds is 4. The number of hydrogen-bond acceptors (Lipinski definition) is 5. The molecule has 7 nitrogen and oxygen atoms in total. The Kier molecular flexibility index (Phi) is 4.93. The summed E-state index contributed by atoms with van der Waals surface area (Å²) < 4.78 is 4.84. The maximum Gasteiger partial charge on any atom is 0.511 e. The molecule has 2 heterocycles. The summed E-state index contributed by atoms with van der Waals surface area (Å²) >= 11 is 0. The van der Waals surface area contributed by atoms with Crippen molar-refractivity contribution in [3.05, 3.63) is 54.1 Å². The van der Waals surface area contributed by atoms with E-state index in [1.165, 1.54) is 5.56 Å². The summed E-state index contributed by atoms with van der Waals surface area (Å²) in [7, 11) is 0. The smallest absolute Gasteiger partial charge is 0.449 e. The fourth-order valence-corrected chi connectivity index (χ4v) is 3.50. The minimum atomic E-state index is -1.33. The van der Waals surface area contributed by atoms with Crippen LogP contribution in [-0.2, 0) is 6.54 Å². The van der Waals surface area contributed by atoms with E-state index in [0.717, 1.165) is 50.6 Å². The molecule has 0 aliphatic carbocycles. The first-order valence-electron chi connectivity index (χ1n) is 9.10. The van der Waals surface area contributed by atoms with E-state index in [0.29, 0.717) is 5.52 Å². The van der Waals surface area contributed by atoms with Crippen LogP contribution in [-0.4, -0.2) is 52.3 Å². The van der Waals surface area contributed by atoms with Gasteiger partial charge >= 0.3 is 6.16 Å². The first-order valence-corrected chi connectivity index (χ1v) is 9.10. The molecule has 3 aromatic rings. The fraction of sp³-hybridized carbons (Fsp3) is 0.300. The number of aromatic amines is 1. The number of nitrogens with one attached hydrogen (secondary N) is 1. The van der Waals surface area contributed by atoms with Crippen molar-refractivity contribution in [1.29, 1.82) is 0 Å². The molecule has 4 rings (SSSR count). The van der Waals surface area contributed by atoms with Crippen LogP contribution in [0.4, 0.5) is 10.7 Å². The van der Waals surface area contributed by atoms with Crippen LogP contribution in [0.2, 0.25) is 0 Å². The van der Waals surface area contributed by atoms with Gasteiger partial charge in [-0.05, 0) is 24.1 Å². The molecule has 1 aliphatic heterocycles. The van der Waals surface area contributed by atoms with Crippen LogP contribution in [0.5, 0.6) is 5.75 Å². The van der Waals surface area contributed by atoms with Gasteiger partial charge in [-0.15, -0.1) is 0 Å². The van der Waals surface area contributed by atoms with E-state index < -0.39 is 6.16 Å². The third-order valence-corrected chi connectivity index (χ3v) is 4.80. The molecule has 7 heteroatoms. The molecule has 27 heavy (non-hydrogen) atoms. The second-order valence-corrected chi connectivity index (χ2v) is 6.68. The Morgan fingerprint density at radius 1 is 1.07 bits per heavy atom. The quantitative estimate of drug-likeness (QED) is 0.544. The molecule has 0 amide bonds. The number of aromatic nitrogens is 2. The molecule has 1 fully saturated rings. The summed E-state index contributed by atoms with van der Waals surface area (Å²) in [4.78, 5) is 23.4. The monoisotopic (exact) mass is 366 g/mol. The highest BCUT2D eigenvalue weighted by Crippen LogP contribution is 2.27. The number of para-hydroxylation sites is 1. The van der Waals surface area contributed by atoms with Crippen LogP contribution in [0.3, 0.4) is 0 Å². The Balaban J connectivity index is 1.48. The Morgan fingerprint density at radius 3 is 2.74 bits per heavy atom. The highest BCUT2D eigenvalue weighted by molar-refractivity contribution is 5.85. The lowest BCUT2D eigenvalue weighted by Crippen LogP contribution is -2.31. The van der Waals surface area contributed by atoms with Gasteiger partial charge in [-0.25, -0.2) is 9.78 Å². The summed E-state index contributed by atoms with van der Waals surface area (Å²) in [5.74, 6) is 1.01. The minimum Gasteiger partial charge on any atom is -0.449 e. The molecule has 0 unspecified atom stereocenters. The first kappa shape index (κ1) is 17.4. The third kappa shape index (κ3) is 4.03. The third-order valence-electron chi connectivity index (χ3n) is 4.80. The predicted octanol–water partition coefficient (Wildman–Crippen LogP) is 3.33. The summed E-state index contributed by atoms with van der Waals surface area (Å²) in [5.41, 5.74) is 2.64. The second-order valence-electron chi connectivity index (χ2n) is 6.68. The van der Waals surface area contributed by atoms with Gasteiger partial charge in [-0.1, -0.05) is 36.4 Å². The lowest BCUT2D eigenvalue weighted by atomic mass is 10.2. The maximum atomic E-state index is 10.9. The fourth-order valence-electron chi connectivity index (χ4n) is 3.50. The Hall–Kier alpha value is -3.06. The molecule has 0 radical (unpaired) electrons. The van der Waals surface area contributed by atoms with Gasteiger partial charge in [0.05, 0.1) is 5.52 Å². The van der Waals surface area contributed by atoms with Crippen molar-refractivity contribution in [2.45, 2.75) is 13.0 Å². The largest absolute Gasteiger partial charge is 0.511 e. The van der Waals surface area contributed by atoms with Crippen molar-refractivity contribution in [2.75, 3.05) is 31.1 Å². The van der Waals surface area contributed by atoms with E-state index in [2.05, 4.69) is 44.0 Å². The van der Waals surface area contributed by atoms with Crippen LogP contribution >= 0.6 is 0 Å². The molecular formula is C20H22N4O3. The average Bonchev–Trinajstić information content (AvgIpc) is 2.97. The lowest BCUT2D eigenvalue weighted by molar-refractivity contribution is 0.145. The zero-order valence-electron chi connectivity index (χ0n) is 15.0. The molecule has 1 saturated heterocycles. The Labute approximate surface area is 157 Å². The maximum absolute atomic E-state index is 10.9. The van der Waals surface area contributed by atoms with Crippen molar-refractivity contribution in [3.63, 3.8) is 0 Å². The molecule has 2 N–H and O–H groups in total. The van der Waals surface area contributed by atoms with Crippen LogP contribution in [0.15, 0.2) is 48.5 Å². The molecule has 1 aliphatic rings. The van der Waals surface area contributed by atoms with Crippen LogP contribution in [0.25, 0.3) is 11.0 Å². The Bertz CT molecular complexity index is 925. The molecule has 0 spiro atoms. The normalized spacial score (nSPS) is 15.6. The number of carboxylic acid groups (broad SMARTS) is 1. The molecule has 2 aromatic carbocycles. The molecule has 140 valence electrons. The van der Waals surface area contributed by atoms with Crippen molar-refractivity contribution >= 4 is 23.1 Å². The highest BCUT2D eigenvalue weighted by Gasteiger charge is 2.19. The molecular weight excluding hydrogens is 344 g/mol. The number of imidazole rings is 1. The zero-order valence-corrected chi connectivity index (χ0v) is 15.0. The van der Waals surface area contributed by atoms with Gasteiger partial charge in [0.1, 0.15) is 5.52 Å². The molecule has 0 atom stereocenters. The topological polar surface area (TPSA) is 81.7 Å². The van der Waals surface area contributed by atoms with Gasteiger partial charge in [-0.2, -0.15) is 0 Å². The van der Waals surface area contributed by atoms with Crippen molar-refractivity contribution < 1.29 is 14.6 Å². The van der Waals surface area contributed by atoms with Gasteiger partial charge in [0.2, 0.25) is 5.95 Å². The minimum absolute atomic E-state index is 0.253. The summed E-state index contributed by atoms with van der Waals surface area (Å²) in [6, 6.07) is 15.8. The van der Waals surface area contributed by atoms with Gasteiger partial charge in [0.25, 0.3) is 0 Å². The van der Waals surface area contributed by atoms with Crippen molar-refractivity contribution in [1.82, 2.24) is 14.9 Å². The van der Waals surface area contributed by atoms with Gasteiger partial charge < -0.3 is 19.7 Å². The SMILES string of the molecule is O=C(O)Oc1cccc2[nH]c(N3CCCN(Cc4ccccc4)CC3)nc12. The van der Waals surface area contributed by atoms with Gasteiger partial charge in [-0.3, -0.25) is 4.90 Å². The number of carbonyl (C=O) groups is 1. The number of anilines is 1. The van der Waals surface area contributed by atoms with E-state index >= 15 is 0 Å². The summed E-state index contributed by atoms with van der Waals surface area (Å²) in [6.07, 6.45) is -0.291. The zero-order chi connectivity index (χ0) is 18.6. The predicted molar refractivity (Wildman–Crippen MR) is 103 cm³/mol. The summed E-state index contributed by atoms with van der Waals surface area (Å²) in [5, 5.41) is 8.89. The number of ether oxygens (including phenoxy) is 1. The van der Waals surface area contributed by atoms with E-state index in [9.17, 15) is 4.79 Å². The van der Waals surface area contributed by atoms with Crippen LogP contribution in [0, 0.1) is 0 Å². The lowest BCUT2D eigenvalue weighted by Gasteiger charge is -2.21. The number of H-pyrrole nitrogens is 1. The van der Waals surface area contributed by atoms with E-state index in [1.807, 2.05) is 12.1 Å². The standard InChI is InChI=1S/C20H22N4O3/c25-20(26)27-17-9-4-8-16-18(17)22-19(21-16)24-11-5-10-23(12-13-24)14-15-6-2-1-3-7-15/h1-4,6-9H,5,10-14H2,(H,21,22)(H,25,26). The Morgan fingerprint density at radius 2 is 1.93 bits per heavy atom. The first-order chi connectivity index (χ1) is 13.2. The van der Waals surface area contributed by atoms with Gasteiger partial charge in [0.15, 0.2) is 5.75 Å². The number of benzene rings is 2. The molecule has 1 aromatic heterocycles. The molecule has 0 bridgehead atoms. The van der Waals surface area contributed by atoms with Crippen LogP contribution in [0.1, 0.15) is 12.0 Å². The number of hydrogen-bond donors (Lipinski definition) is 2.